The number of aliphatic imine (C=N–C) groups is 1. The molecule has 0 aliphatic carbocycles. The van der Waals surface area contributed by atoms with Crippen molar-refractivity contribution in [3.05, 3.63) is 34.9 Å². The summed E-state index contributed by atoms with van der Waals surface area (Å²) < 4.78 is 5.33. The van der Waals surface area contributed by atoms with Gasteiger partial charge in [0.15, 0.2) is 0 Å². The van der Waals surface area contributed by atoms with E-state index in [2.05, 4.69) is 4.99 Å². The van der Waals surface area contributed by atoms with E-state index in [0.717, 1.165) is 0 Å². The normalized spacial score (nSPS) is 18.9. The van der Waals surface area contributed by atoms with Crippen LogP contribution in [0.15, 0.2) is 29.3 Å². The van der Waals surface area contributed by atoms with Gasteiger partial charge in [-0.15, -0.1) is 0 Å². The van der Waals surface area contributed by atoms with E-state index in [1.807, 2.05) is 13.8 Å². The average Bonchev–Trinajstić information content (AvgIpc) is 2.84. The average molecular weight is 353 g/mol. The fourth-order valence-electron chi connectivity index (χ4n) is 2.86. The smallest absolute Gasteiger partial charge is 0.323 e. The van der Waals surface area contributed by atoms with Crippen LogP contribution in [0.25, 0.3) is 0 Å². The van der Waals surface area contributed by atoms with Crippen molar-refractivity contribution in [1.29, 1.82) is 0 Å². The Labute approximate surface area is 146 Å². The molecule has 0 aromatic heterocycles. The first-order valence-electron chi connectivity index (χ1n) is 7.99. The van der Waals surface area contributed by atoms with Gasteiger partial charge in [-0.1, -0.05) is 37.6 Å². The zero-order valence-corrected chi connectivity index (χ0v) is 14.5. The Balaban J connectivity index is 0.00000100. The Morgan fingerprint density at radius 1 is 1.29 bits per heavy atom. The zero-order valence-electron chi connectivity index (χ0n) is 13.8. The Bertz CT molecular complexity index is 636. The molecule has 0 radical (unpaired) electrons. The van der Waals surface area contributed by atoms with Gasteiger partial charge in [0.1, 0.15) is 17.9 Å². The zero-order chi connectivity index (χ0) is 17.7. The molecule has 24 heavy (non-hydrogen) atoms. The van der Waals surface area contributed by atoms with Crippen LogP contribution in [0.5, 0.6) is 0 Å². The van der Waals surface area contributed by atoms with Crippen LogP contribution in [0.3, 0.4) is 0 Å². The van der Waals surface area contributed by atoms with Crippen LogP contribution in [0.2, 0.25) is 5.02 Å². The molecule has 1 aromatic carbocycles. The van der Waals surface area contributed by atoms with E-state index in [-0.39, 0.29) is 12.5 Å². The summed E-state index contributed by atoms with van der Waals surface area (Å²) >= 11 is 5.86. The third kappa shape index (κ3) is 3.60. The Kier molecular flexibility index (Phi) is 5.96. The highest BCUT2D eigenvalue weighted by Gasteiger charge is 2.48. The van der Waals surface area contributed by atoms with E-state index in [9.17, 15) is 9.59 Å². The number of carboxylic acid groups (broad SMARTS) is 1. The number of hydrogen-bond donors (Lipinski definition) is 1. The number of benzene rings is 1. The molecule has 2 heterocycles. The molecule has 0 unspecified atom stereocenters. The highest BCUT2D eigenvalue weighted by atomic mass is 35.5. The number of carboxylic acids is 1. The topological polar surface area (TPSA) is 79.2 Å². The number of amides is 1. The molecule has 1 saturated heterocycles. The number of rotatable bonds is 3. The van der Waals surface area contributed by atoms with Crippen molar-refractivity contribution in [1.82, 2.24) is 4.90 Å². The molecule has 0 atom stereocenters. The lowest BCUT2D eigenvalue weighted by atomic mass is 10.00. The number of halogens is 1. The van der Waals surface area contributed by atoms with Gasteiger partial charge in [0.05, 0.1) is 13.2 Å². The van der Waals surface area contributed by atoms with Crippen LogP contribution in [0, 0.1) is 0 Å². The molecule has 1 spiro atoms. The summed E-state index contributed by atoms with van der Waals surface area (Å²) in [5.41, 5.74) is 0.135. The van der Waals surface area contributed by atoms with E-state index in [1.165, 1.54) is 4.90 Å². The van der Waals surface area contributed by atoms with Gasteiger partial charge in [-0.2, -0.15) is 0 Å². The second-order valence-electron chi connectivity index (χ2n) is 5.35. The van der Waals surface area contributed by atoms with Crippen molar-refractivity contribution in [2.45, 2.75) is 32.4 Å². The molecule has 0 saturated carbocycles. The monoisotopic (exact) mass is 352 g/mol. The maximum Gasteiger partial charge on any atom is 0.323 e. The summed E-state index contributed by atoms with van der Waals surface area (Å²) in [6.07, 6.45) is 1.01. The number of aliphatic carboxylic acids is 1. The van der Waals surface area contributed by atoms with Crippen molar-refractivity contribution in [3.8, 4) is 0 Å². The molecule has 0 bridgehead atoms. The largest absolute Gasteiger partial charge is 0.480 e. The Hall–Kier alpha value is -1.92. The second kappa shape index (κ2) is 7.77. The number of carbonyl (C=O) groups excluding carboxylic acids is 1. The molecule has 6 nitrogen and oxygen atoms in total. The summed E-state index contributed by atoms with van der Waals surface area (Å²) in [5, 5.41) is 9.67. The van der Waals surface area contributed by atoms with Gasteiger partial charge in [0.2, 0.25) is 0 Å². The molecule has 1 fully saturated rings. The van der Waals surface area contributed by atoms with Gasteiger partial charge in [-0.05, 0) is 12.1 Å². The standard InChI is InChI=1S/C15H15ClN2O4.C2H6/c16-11-3-1-10(2-4-11)13-14(21)18(9-12(19)20)15(17-13)5-7-22-8-6-15;1-2/h1-4H,5-9H2,(H,19,20);1-2H3. The van der Waals surface area contributed by atoms with E-state index < -0.39 is 11.6 Å². The lowest BCUT2D eigenvalue weighted by Gasteiger charge is -2.38. The molecule has 1 amide bonds. The minimum Gasteiger partial charge on any atom is -0.480 e. The first kappa shape index (κ1) is 18.4. The highest BCUT2D eigenvalue weighted by Crippen LogP contribution is 2.35. The summed E-state index contributed by atoms with van der Waals surface area (Å²) in [7, 11) is 0. The summed E-state index contributed by atoms with van der Waals surface area (Å²) in [5.74, 6) is -1.40. The van der Waals surface area contributed by atoms with Crippen LogP contribution < -0.4 is 0 Å². The summed E-state index contributed by atoms with van der Waals surface area (Å²) in [6.45, 7) is 4.56. The number of ether oxygens (including phenoxy) is 1. The predicted molar refractivity (Wildman–Crippen MR) is 91.5 cm³/mol. The molecular weight excluding hydrogens is 332 g/mol. The van der Waals surface area contributed by atoms with Gasteiger partial charge in [-0.3, -0.25) is 14.6 Å². The van der Waals surface area contributed by atoms with Crippen molar-refractivity contribution in [2.24, 2.45) is 4.99 Å². The first-order valence-corrected chi connectivity index (χ1v) is 8.37. The first-order chi connectivity index (χ1) is 11.5. The van der Waals surface area contributed by atoms with Gasteiger partial charge < -0.3 is 14.7 Å². The molecule has 1 aromatic rings. The van der Waals surface area contributed by atoms with Crippen LogP contribution in [-0.4, -0.2) is 53.0 Å². The van der Waals surface area contributed by atoms with E-state index in [0.29, 0.717) is 42.4 Å². The van der Waals surface area contributed by atoms with Gasteiger partial charge in [-0.25, -0.2) is 0 Å². The van der Waals surface area contributed by atoms with Gasteiger partial charge in [0.25, 0.3) is 5.91 Å². The summed E-state index contributed by atoms with van der Waals surface area (Å²) in [4.78, 5) is 29.7. The number of nitrogens with zero attached hydrogens (tertiary/aromatic N) is 2. The number of hydrogen-bond acceptors (Lipinski definition) is 4. The molecule has 3 rings (SSSR count). The quantitative estimate of drug-likeness (QED) is 0.906. The SMILES string of the molecule is CC.O=C(O)CN1C(=O)C(c2ccc(Cl)cc2)=NC12CCOCC2. The van der Waals surface area contributed by atoms with Crippen molar-refractivity contribution in [2.75, 3.05) is 19.8 Å². The Morgan fingerprint density at radius 2 is 1.88 bits per heavy atom. The third-order valence-corrected chi connectivity index (χ3v) is 4.23. The minimum absolute atomic E-state index is 0.291. The molecule has 1 N–H and O–H groups in total. The fraction of sp³-hybridized carbons (Fsp3) is 0.471. The van der Waals surface area contributed by atoms with Crippen molar-refractivity contribution >= 4 is 29.2 Å². The predicted octanol–water partition coefficient (Wildman–Crippen LogP) is 2.59. The second-order valence-corrected chi connectivity index (χ2v) is 5.78. The van der Waals surface area contributed by atoms with Crippen LogP contribution in [0.4, 0.5) is 0 Å². The van der Waals surface area contributed by atoms with E-state index in [1.54, 1.807) is 24.3 Å². The Morgan fingerprint density at radius 3 is 2.42 bits per heavy atom. The van der Waals surface area contributed by atoms with Crippen LogP contribution in [-0.2, 0) is 14.3 Å². The third-order valence-electron chi connectivity index (χ3n) is 3.97. The van der Waals surface area contributed by atoms with Crippen LogP contribution >= 0.6 is 11.6 Å². The molecular formula is C17H21ClN2O4. The minimum atomic E-state index is -1.05. The maximum absolute atomic E-state index is 12.7. The lowest BCUT2D eigenvalue weighted by molar-refractivity contribution is -0.147. The molecule has 2 aliphatic heterocycles. The summed E-state index contributed by atoms with van der Waals surface area (Å²) in [6, 6.07) is 6.80. The highest BCUT2D eigenvalue weighted by molar-refractivity contribution is 6.47. The van der Waals surface area contributed by atoms with Gasteiger partial charge in [0, 0.05) is 23.4 Å². The molecule has 130 valence electrons. The molecule has 2 aliphatic rings. The van der Waals surface area contributed by atoms with E-state index >= 15 is 0 Å². The molecule has 7 heteroatoms. The fourth-order valence-corrected chi connectivity index (χ4v) is 2.99. The lowest BCUT2D eigenvalue weighted by Crippen LogP contribution is -2.52. The van der Waals surface area contributed by atoms with Crippen molar-refractivity contribution < 1.29 is 19.4 Å². The van der Waals surface area contributed by atoms with Crippen molar-refractivity contribution in [3.63, 3.8) is 0 Å². The van der Waals surface area contributed by atoms with Gasteiger partial charge >= 0.3 is 5.97 Å². The maximum atomic E-state index is 12.7. The van der Waals surface area contributed by atoms with Crippen LogP contribution in [0.1, 0.15) is 32.3 Å². The number of carbonyl (C=O) groups is 2. The van der Waals surface area contributed by atoms with E-state index in [4.69, 9.17) is 21.4 Å².